The fourth-order valence-corrected chi connectivity index (χ4v) is 2.89. The number of carbonyl (C=O) groups is 1. The third kappa shape index (κ3) is 4.05. The van der Waals surface area contributed by atoms with E-state index >= 15 is 0 Å². The highest BCUT2D eigenvalue weighted by Gasteiger charge is 2.07. The smallest absolute Gasteiger partial charge is 0.243 e. The van der Waals surface area contributed by atoms with E-state index in [-0.39, 0.29) is 18.3 Å². The van der Waals surface area contributed by atoms with Gasteiger partial charge in [-0.1, -0.05) is 12.1 Å². The average Bonchev–Trinajstić information content (AvgIpc) is 2.38. The molecule has 0 radical (unpaired) electrons. The molecule has 2 aromatic carbocycles. The second kappa shape index (κ2) is 6.85. The van der Waals surface area contributed by atoms with E-state index in [0.717, 1.165) is 14.6 Å². The van der Waals surface area contributed by atoms with Gasteiger partial charge in [-0.2, -0.15) is 0 Å². The molecule has 6 heteroatoms. The lowest BCUT2D eigenvalue weighted by molar-refractivity contribution is -0.114. The minimum absolute atomic E-state index is 0.0811. The Bertz CT molecular complexity index is 614. The Morgan fingerprint density at radius 3 is 2.40 bits per heavy atom. The number of nitrogens with one attached hydrogen (secondary N) is 2. The van der Waals surface area contributed by atoms with E-state index < -0.39 is 0 Å². The Balaban J connectivity index is 1.96. The first-order valence-electron chi connectivity index (χ1n) is 5.79. The fraction of sp³-hybridized carbons (Fsp3) is 0.0714. The molecule has 0 atom stereocenters. The van der Waals surface area contributed by atoms with Crippen molar-refractivity contribution in [3.8, 4) is 0 Å². The molecule has 0 aliphatic heterocycles. The van der Waals surface area contributed by atoms with Crippen molar-refractivity contribution in [1.82, 2.24) is 0 Å². The number of rotatable bonds is 4. The molecule has 0 saturated carbocycles. The zero-order valence-corrected chi connectivity index (χ0v) is 13.5. The van der Waals surface area contributed by atoms with Crippen LogP contribution in [0.2, 0.25) is 0 Å². The zero-order valence-electron chi connectivity index (χ0n) is 10.3. The van der Waals surface area contributed by atoms with Crippen LogP contribution in [0, 0.1) is 5.82 Å². The molecule has 0 unspecified atom stereocenters. The van der Waals surface area contributed by atoms with Crippen molar-refractivity contribution >= 4 is 49.1 Å². The Hall–Kier alpha value is -1.40. The molecular formula is C14H11Br2FN2O. The van der Waals surface area contributed by atoms with Crippen molar-refractivity contribution in [2.24, 2.45) is 0 Å². The summed E-state index contributed by atoms with van der Waals surface area (Å²) in [7, 11) is 0. The SMILES string of the molecule is O=C(CNc1c(Br)cccc1Br)Nc1cccc(F)c1. The number of para-hydroxylation sites is 1. The van der Waals surface area contributed by atoms with Gasteiger partial charge in [0.1, 0.15) is 5.82 Å². The Kier molecular flexibility index (Phi) is 5.14. The zero-order chi connectivity index (χ0) is 14.5. The van der Waals surface area contributed by atoms with Crippen molar-refractivity contribution < 1.29 is 9.18 Å². The number of anilines is 2. The van der Waals surface area contributed by atoms with Gasteiger partial charge in [-0.05, 0) is 62.2 Å². The van der Waals surface area contributed by atoms with Crippen LogP contribution < -0.4 is 10.6 Å². The third-order valence-electron chi connectivity index (χ3n) is 2.50. The van der Waals surface area contributed by atoms with Crippen LogP contribution in [-0.2, 0) is 4.79 Å². The molecule has 0 bridgehead atoms. The van der Waals surface area contributed by atoms with Gasteiger partial charge >= 0.3 is 0 Å². The summed E-state index contributed by atoms with van der Waals surface area (Å²) < 4.78 is 14.7. The van der Waals surface area contributed by atoms with Crippen LogP contribution in [0.1, 0.15) is 0 Å². The highest BCUT2D eigenvalue weighted by Crippen LogP contribution is 2.30. The van der Waals surface area contributed by atoms with E-state index in [9.17, 15) is 9.18 Å². The van der Waals surface area contributed by atoms with Crippen molar-refractivity contribution in [2.45, 2.75) is 0 Å². The number of amides is 1. The molecule has 0 aromatic heterocycles. The molecule has 0 spiro atoms. The molecule has 2 N–H and O–H groups in total. The number of hydrogen-bond acceptors (Lipinski definition) is 2. The van der Waals surface area contributed by atoms with Crippen LogP contribution in [0.4, 0.5) is 15.8 Å². The monoisotopic (exact) mass is 400 g/mol. The lowest BCUT2D eigenvalue weighted by Gasteiger charge is -2.11. The maximum absolute atomic E-state index is 13.0. The van der Waals surface area contributed by atoms with E-state index in [0.29, 0.717) is 5.69 Å². The molecule has 0 aliphatic carbocycles. The lowest BCUT2D eigenvalue weighted by Crippen LogP contribution is -2.22. The van der Waals surface area contributed by atoms with Gasteiger partial charge in [0.15, 0.2) is 0 Å². The first kappa shape index (κ1) is 15.0. The summed E-state index contributed by atoms with van der Waals surface area (Å²) in [6.45, 7) is 0.0811. The molecule has 3 nitrogen and oxygen atoms in total. The predicted molar refractivity (Wildman–Crippen MR) is 85.4 cm³/mol. The Morgan fingerprint density at radius 1 is 1.10 bits per heavy atom. The maximum atomic E-state index is 13.0. The molecule has 1 amide bonds. The molecular weight excluding hydrogens is 391 g/mol. The summed E-state index contributed by atoms with van der Waals surface area (Å²) in [6.07, 6.45) is 0. The third-order valence-corrected chi connectivity index (χ3v) is 3.82. The van der Waals surface area contributed by atoms with Crippen molar-refractivity contribution in [3.05, 3.63) is 57.2 Å². The van der Waals surface area contributed by atoms with E-state index in [1.807, 2.05) is 18.2 Å². The molecule has 20 heavy (non-hydrogen) atoms. The van der Waals surface area contributed by atoms with E-state index in [2.05, 4.69) is 42.5 Å². The summed E-state index contributed by atoms with van der Waals surface area (Å²) in [4.78, 5) is 11.8. The molecule has 2 rings (SSSR count). The van der Waals surface area contributed by atoms with Crippen LogP contribution in [0.5, 0.6) is 0 Å². The highest BCUT2D eigenvalue weighted by atomic mass is 79.9. The van der Waals surface area contributed by atoms with E-state index in [1.54, 1.807) is 12.1 Å². The van der Waals surface area contributed by atoms with Crippen molar-refractivity contribution in [2.75, 3.05) is 17.2 Å². The lowest BCUT2D eigenvalue weighted by atomic mass is 10.3. The summed E-state index contributed by atoms with van der Waals surface area (Å²) in [6, 6.07) is 11.4. The Labute approximate surface area is 132 Å². The number of carbonyl (C=O) groups excluding carboxylic acids is 1. The second-order valence-electron chi connectivity index (χ2n) is 4.01. The summed E-state index contributed by atoms with van der Waals surface area (Å²) in [5.74, 6) is -0.637. The van der Waals surface area contributed by atoms with Gasteiger partial charge in [-0.3, -0.25) is 4.79 Å². The first-order chi connectivity index (χ1) is 9.56. The standard InChI is InChI=1S/C14H11Br2FN2O/c15-11-5-2-6-12(16)14(11)18-8-13(20)19-10-4-1-3-9(17)7-10/h1-7,18H,8H2,(H,19,20). The van der Waals surface area contributed by atoms with Gasteiger partial charge in [-0.25, -0.2) is 4.39 Å². The summed E-state index contributed by atoms with van der Waals surface area (Å²) in [5.41, 5.74) is 1.23. The largest absolute Gasteiger partial charge is 0.374 e. The maximum Gasteiger partial charge on any atom is 0.243 e. The quantitative estimate of drug-likeness (QED) is 0.797. The normalized spacial score (nSPS) is 10.2. The predicted octanol–water partition coefficient (Wildman–Crippen LogP) is 4.40. The first-order valence-corrected chi connectivity index (χ1v) is 7.38. The van der Waals surface area contributed by atoms with Gasteiger partial charge in [0.05, 0.1) is 12.2 Å². The van der Waals surface area contributed by atoms with Crippen LogP contribution in [0.25, 0.3) is 0 Å². The van der Waals surface area contributed by atoms with Crippen LogP contribution >= 0.6 is 31.9 Å². The minimum Gasteiger partial charge on any atom is -0.374 e. The van der Waals surface area contributed by atoms with Gasteiger partial charge in [0, 0.05) is 14.6 Å². The molecule has 2 aromatic rings. The average molecular weight is 402 g/mol. The number of halogens is 3. The second-order valence-corrected chi connectivity index (χ2v) is 5.72. The van der Waals surface area contributed by atoms with Crippen molar-refractivity contribution in [1.29, 1.82) is 0 Å². The number of benzene rings is 2. The topological polar surface area (TPSA) is 41.1 Å². The van der Waals surface area contributed by atoms with Crippen LogP contribution in [-0.4, -0.2) is 12.5 Å². The minimum atomic E-state index is -0.385. The van der Waals surface area contributed by atoms with Gasteiger partial charge in [0.2, 0.25) is 5.91 Å². The fourth-order valence-electron chi connectivity index (χ4n) is 1.61. The molecule has 0 fully saturated rings. The van der Waals surface area contributed by atoms with E-state index in [1.165, 1.54) is 12.1 Å². The van der Waals surface area contributed by atoms with E-state index in [4.69, 9.17) is 0 Å². The molecule has 0 saturated heterocycles. The van der Waals surface area contributed by atoms with Gasteiger partial charge in [0.25, 0.3) is 0 Å². The Morgan fingerprint density at radius 2 is 1.75 bits per heavy atom. The van der Waals surface area contributed by atoms with Crippen LogP contribution in [0.3, 0.4) is 0 Å². The van der Waals surface area contributed by atoms with Gasteiger partial charge in [-0.15, -0.1) is 0 Å². The molecule has 0 heterocycles. The number of hydrogen-bond donors (Lipinski definition) is 2. The summed E-state index contributed by atoms with van der Waals surface area (Å²) >= 11 is 6.80. The molecule has 104 valence electrons. The van der Waals surface area contributed by atoms with Crippen molar-refractivity contribution in [3.63, 3.8) is 0 Å². The molecule has 0 aliphatic rings. The van der Waals surface area contributed by atoms with Gasteiger partial charge < -0.3 is 10.6 Å². The highest BCUT2D eigenvalue weighted by molar-refractivity contribution is 9.11. The van der Waals surface area contributed by atoms with Crippen LogP contribution in [0.15, 0.2) is 51.4 Å². The summed E-state index contributed by atoms with van der Waals surface area (Å²) in [5, 5.41) is 5.64.